The lowest BCUT2D eigenvalue weighted by molar-refractivity contribution is 0.724. The molecule has 1 aromatic carbocycles. The SMILES string of the molecule is O=c1cccccc1N1CCCNCC1. The Balaban J connectivity index is 2.28. The average Bonchev–Trinajstić information content (AvgIpc) is 2.59. The number of nitrogens with zero attached hydrogens (tertiary/aromatic N) is 1. The summed E-state index contributed by atoms with van der Waals surface area (Å²) in [6.45, 7) is 3.88. The molecule has 1 heterocycles. The third kappa shape index (κ3) is 2.57. The van der Waals surface area contributed by atoms with Crippen molar-refractivity contribution in [2.45, 2.75) is 6.42 Å². The first-order valence-corrected chi connectivity index (χ1v) is 5.43. The Hall–Kier alpha value is -1.35. The Labute approximate surface area is 89.7 Å². The van der Waals surface area contributed by atoms with Gasteiger partial charge in [-0.05, 0) is 25.1 Å². The molecule has 0 unspecified atom stereocenters. The van der Waals surface area contributed by atoms with E-state index in [9.17, 15) is 4.79 Å². The average molecular weight is 204 g/mol. The molecule has 0 atom stereocenters. The van der Waals surface area contributed by atoms with Crippen LogP contribution in [0.3, 0.4) is 0 Å². The number of hydrogen-bond acceptors (Lipinski definition) is 3. The molecule has 0 bridgehead atoms. The normalized spacial score (nSPS) is 17.2. The summed E-state index contributed by atoms with van der Waals surface area (Å²) in [7, 11) is 0. The van der Waals surface area contributed by atoms with Crippen LogP contribution in [0.1, 0.15) is 6.42 Å². The van der Waals surface area contributed by atoms with Crippen molar-refractivity contribution < 1.29 is 0 Å². The molecule has 0 aliphatic carbocycles. The van der Waals surface area contributed by atoms with E-state index in [0.717, 1.165) is 38.3 Å². The van der Waals surface area contributed by atoms with E-state index >= 15 is 0 Å². The van der Waals surface area contributed by atoms with Gasteiger partial charge in [0.15, 0.2) is 0 Å². The van der Waals surface area contributed by atoms with Crippen LogP contribution < -0.4 is 15.6 Å². The van der Waals surface area contributed by atoms with E-state index in [1.165, 1.54) is 0 Å². The van der Waals surface area contributed by atoms with Crippen molar-refractivity contribution in [3.05, 3.63) is 40.6 Å². The van der Waals surface area contributed by atoms with E-state index in [4.69, 9.17) is 0 Å². The van der Waals surface area contributed by atoms with Crippen LogP contribution in [0, 0.1) is 0 Å². The van der Waals surface area contributed by atoms with Crippen LogP contribution in [0.25, 0.3) is 0 Å². The number of hydrogen-bond donors (Lipinski definition) is 1. The van der Waals surface area contributed by atoms with Gasteiger partial charge < -0.3 is 10.2 Å². The summed E-state index contributed by atoms with van der Waals surface area (Å²) >= 11 is 0. The lowest BCUT2D eigenvalue weighted by atomic mass is 10.3. The molecule has 0 saturated carbocycles. The molecule has 1 aliphatic rings. The molecule has 3 heteroatoms. The molecule has 80 valence electrons. The summed E-state index contributed by atoms with van der Waals surface area (Å²) in [6, 6.07) is 9.15. The third-order valence-electron chi connectivity index (χ3n) is 2.66. The first-order valence-electron chi connectivity index (χ1n) is 5.43. The highest BCUT2D eigenvalue weighted by molar-refractivity contribution is 5.45. The van der Waals surface area contributed by atoms with Gasteiger partial charge in [-0.15, -0.1) is 0 Å². The zero-order chi connectivity index (χ0) is 10.5. The smallest absolute Gasteiger partial charge is 0.201 e. The van der Waals surface area contributed by atoms with Crippen molar-refractivity contribution in [1.29, 1.82) is 0 Å². The highest BCUT2D eigenvalue weighted by Crippen LogP contribution is 2.08. The van der Waals surface area contributed by atoms with E-state index in [1.807, 2.05) is 18.2 Å². The minimum atomic E-state index is 0.113. The zero-order valence-corrected chi connectivity index (χ0v) is 8.78. The number of anilines is 1. The monoisotopic (exact) mass is 204 g/mol. The molecule has 0 amide bonds. The maximum Gasteiger partial charge on any atom is 0.201 e. The predicted molar refractivity (Wildman–Crippen MR) is 62.4 cm³/mol. The fourth-order valence-corrected chi connectivity index (χ4v) is 1.87. The summed E-state index contributed by atoms with van der Waals surface area (Å²) in [5.74, 6) is 0. The van der Waals surface area contributed by atoms with E-state index in [-0.39, 0.29) is 5.43 Å². The fourth-order valence-electron chi connectivity index (χ4n) is 1.87. The minimum Gasteiger partial charge on any atom is -0.367 e. The summed E-state index contributed by atoms with van der Waals surface area (Å²) in [6.07, 6.45) is 1.10. The van der Waals surface area contributed by atoms with Crippen LogP contribution in [-0.4, -0.2) is 26.2 Å². The molecule has 1 saturated heterocycles. The molecule has 3 nitrogen and oxygen atoms in total. The van der Waals surface area contributed by atoms with Gasteiger partial charge in [0.1, 0.15) is 0 Å². The van der Waals surface area contributed by atoms with Crippen LogP contribution in [0.5, 0.6) is 0 Å². The summed E-state index contributed by atoms with van der Waals surface area (Å²) in [5.41, 5.74) is 0.936. The lowest BCUT2D eigenvalue weighted by Gasteiger charge is -2.20. The van der Waals surface area contributed by atoms with Gasteiger partial charge in [0.25, 0.3) is 0 Å². The topological polar surface area (TPSA) is 32.3 Å². The summed E-state index contributed by atoms with van der Waals surface area (Å²) in [5, 5.41) is 3.33. The van der Waals surface area contributed by atoms with Crippen molar-refractivity contribution in [3.8, 4) is 0 Å². The Morgan fingerprint density at radius 2 is 1.93 bits per heavy atom. The zero-order valence-electron chi connectivity index (χ0n) is 8.78. The molecular formula is C12H16N2O. The van der Waals surface area contributed by atoms with E-state index in [2.05, 4.69) is 10.2 Å². The molecule has 1 aromatic rings. The van der Waals surface area contributed by atoms with Gasteiger partial charge in [-0.1, -0.05) is 18.2 Å². The van der Waals surface area contributed by atoms with E-state index < -0.39 is 0 Å². The molecule has 0 spiro atoms. The van der Waals surface area contributed by atoms with Gasteiger partial charge in [-0.2, -0.15) is 0 Å². The van der Waals surface area contributed by atoms with Gasteiger partial charge in [-0.25, -0.2) is 0 Å². The summed E-state index contributed by atoms with van der Waals surface area (Å²) in [4.78, 5) is 13.9. The van der Waals surface area contributed by atoms with Crippen molar-refractivity contribution in [2.75, 3.05) is 31.1 Å². The summed E-state index contributed by atoms with van der Waals surface area (Å²) < 4.78 is 0. The third-order valence-corrected chi connectivity index (χ3v) is 2.66. The quantitative estimate of drug-likeness (QED) is 0.736. The first kappa shape index (κ1) is 10.2. The molecule has 2 rings (SSSR count). The molecular weight excluding hydrogens is 188 g/mol. The van der Waals surface area contributed by atoms with Crippen LogP contribution in [-0.2, 0) is 0 Å². The predicted octanol–water partition coefficient (Wildman–Crippen LogP) is 0.846. The van der Waals surface area contributed by atoms with Gasteiger partial charge in [-0.3, -0.25) is 4.79 Å². The number of nitrogens with one attached hydrogen (secondary N) is 1. The standard InChI is InChI=1S/C12H16N2O/c15-12-6-3-1-2-5-11(12)14-9-4-7-13-8-10-14/h1-3,5-6,13H,4,7-10H2. The van der Waals surface area contributed by atoms with E-state index in [1.54, 1.807) is 12.1 Å². The van der Waals surface area contributed by atoms with Gasteiger partial charge >= 0.3 is 0 Å². The second kappa shape index (κ2) is 4.94. The van der Waals surface area contributed by atoms with Crippen molar-refractivity contribution in [2.24, 2.45) is 0 Å². The van der Waals surface area contributed by atoms with Crippen molar-refractivity contribution in [3.63, 3.8) is 0 Å². The van der Waals surface area contributed by atoms with E-state index in [0.29, 0.717) is 0 Å². The molecule has 0 radical (unpaired) electrons. The van der Waals surface area contributed by atoms with Crippen LogP contribution in [0.4, 0.5) is 5.69 Å². The number of rotatable bonds is 1. The molecule has 15 heavy (non-hydrogen) atoms. The second-order valence-electron chi connectivity index (χ2n) is 3.75. The van der Waals surface area contributed by atoms with Gasteiger partial charge in [0.2, 0.25) is 5.43 Å². The Kier molecular flexibility index (Phi) is 3.35. The maximum absolute atomic E-state index is 11.8. The van der Waals surface area contributed by atoms with Crippen LogP contribution in [0.2, 0.25) is 0 Å². The van der Waals surface area contributed by atoms with Crippen molar-refractivity contribution in [1.82, 2.24) is 5.32 Å². The highest BCUT2D eigenvalue weighted by atomic mass is 16.1. The van der Waals surface area contributed by atoms with Crippen LogP contribution in [0.15, 0.2) is 35.1 Å². The Morgan fingerprint density at radius 1 is 1.07 bits per heavy atom. The molecule has 1 fully saturated rings. The Morgan fingerprint density at radius 3 is 2.87 bits per heavy atom. The van der Waals surface area contributed by atoms with Gasteiger partial charge in [0.05, 0.1) is 5.69 Å². The molecule has 0 aromatic heterocycles. The largest absolute Gasteiger partial charge is 0.367 e. The Bertz CT molecular complexity index is 370. The molecule has 1 N–H and O–H groups in total. The van der Waals surface area contributed by atoms with Gasteiger partial charge in [0, 0.05) is 19.6 Å². The second-order valence-corrected chi connectivity index (χ2v) is 3.75. The van der Waals surface area contributed by atoms with Crippen LogP contribution >= 0.6 is 0 Å². The maximum atomic E-state index is 11.8. The van der Waals surface area contributed by atoms with Crippen molar-refractivity contribution >= 4 is 5.69 Å². The lowest BCUT2D eigenvalue weighted by Crippen LogP contribution is -2.30. The fraction of sp³-hybridized carbons (Fsp3) is 0.417. The highest BCUT2D eigenvalue weighted by Gasteiger charge is 2.10. The first-order chi connectivity index (χ1) is 7.38. The molecule has 1 aliphatic heterocycles. The minimum absolute atomic E-state index is 0.113.